The Hall–Kier alpha value is -0.340. The molecule has 1 nitrogen and oxygen atoms in total. The van der Waals surface area contributed by atoms with Gasteiger partial charge in [-0.1, -0.05) is 33.6 Å². The molecule has 0 aliphatic rings. The minimum atomic E-state index is 0.569. The molecule has 0 spiro atoms. The summed E-state index contributed by atoms with van der Waals surface area (Å²) in [4.78, 5) is 1.55. The molecule has 1 aromatic rings. The number of nitrogens with one attached hydrogen (secondary N) is 1. The van der Waals surface area contributed by atoms with Crippen molar-refractivity contribution in [1.29, 1.82) is 0 Å². The topological polar surface area (TPSA) is 12.0 Å². The average molecular weight is 253 g/mol. The monoisotopic (exact) mass is 253 g/mol. The second kappa shape index (κ2) is 7.88. The van der Waals surface area contributed by atoms with Crippen molar-refractivity contribution in [3.63, 3.8) is 0 Å². The largest absolute Gasteiger partial charge is 0.309 e. The van der Waals surface area contributed by atoms with E-state index in [-0.39, 0.29) is 0 Å². The molecule has 0 saturated carbocycles. The van der Waals surface area contributed by atoms with E-state index in [2.05, 4.69) is 44.5 Å². The quantitative estimate of drug-likeness (QED) is 0.693. The van der Waals surface area contributed by atoms with Gasteiger partial charge in [0.05, 0.1) is 0 Å². The Morgan fingerprint density at radius 1 is 1.24 bits per heavy atom. The van der Waals surface area contributed by atoms with Crippen molar-refractivity contribution in [1.82, 2.24) is 5.32 Å². The van der Waals surface area contributed by atoms with Gasteiger partial charge in [0.1, 0.15) is 0 Å². The molecule has 0 fully saturated rings. The lowest BCUT2D eigenvalue weighted by molar-refractivity contribution is 0.374. The molecule has 2 heteroatoms. The highest BCUT2D eigenvalue weighted by Gasteiger charge is 2.18. The van der Waals surface area contributed by atoms with E-state index in [9.17, 15) is 0 Å². The molecule has 1 rings (SSSR count). The van der Waals surface area contributed by atoms with Crippen molar-refractivity contribution in [3.8, 4) is 0 Å². The van der Waals surface area contributed by atoms with E-state index in [0.29, 0.717) is 6.04 Å². The lowest BCUT2D eigenvalue weighted by Gasteiger charge is -2.23. The minimum Gasteiger partial charge on any atom is -0.309 e. The highest BCUT2D eigenvalue weighted by molar-refractivity contribution is 7.10. The normalized spacial score (nSPS) is 13.2. The second-order valence-electron chi connectivity index (χ2n) is 4.89. The third kappa shape index (κ3) is 4.44. The molecular formula is C15H27NS. The lowest BCUT2D eigenvalue weighted by Crippen LogP contribution is -2.24. The standard InChI is InChI=1S/C15H27NS/c1-5-9-16-14(11-13(6-2)7-3)15-12(4)8-10-17-15/h8,10,13-14,16H,5-7,9,11H2,1-4H3. The van der Waals surface area contributed by atoms with Crippen molar-refractivity contribution >= 4 is 11.3 Å². The van der Waals surface area contributed by atoms with Crippen LogP contribution in [0.5, 0.6) is 0 Å². The zero-order valence-corrected chi connectivity index (χ0v) is 12.6. The van der Waals surface area contributed by atoms with Crippen LogP contribution in [0.2, 0.25) is 0 Å². The zero-order chi connectivity index (χ0) is 12.7. The molecule has 0 aromatic carbocycles. The Morgan fingerprint density at radius 3 is 2.41 bits per heavy atom. The Kier molecular flexibility index (Phi) is 6.83. The molecule has 1 unspecified atom stereocenters. The van der Waals surface area contributed by atoms with Crippen LogP contribution < -0.4 is 5.32 Å². The van der Waals surface area contributed by atoms with Gasteiger partial charge in [-0.15, -0.1) is 11.3 Å². The molecule has 1 N–H and O–H groups in total. The summed E-state index contributed by atoms with van der Waals surface area (Å²) < 4.78 is 0. The summed E-state index contributed by atoms with van der Waals surface area (Å²) in [5.74, 6) is 0.853. The van der Waals surface area contributed by atoms with Crippen LogP contribution in [0.1, 0.15) is 62.9 Å². The number of aryl methyl sites for hydroxylation is 1. The number of thiophene rings is 1. The molecule has 0 bridgehead atoms. The van der Waals surface area contributed by atoms with Crippen LogP contribution in [-0.4, -0.2) is 6.54 Å². The van der Waals surface area contributed by atoms with Gasteiger partial charge < -0.3 is 5.32 Å². The first-order chi connectivity index (χ1) is 8.22. The van der Waals surface area contributed by atoms with Crippen LogP contribution in [0, 0.1) is 12.8 Å². The van der Waals surface area contributed by atoms with Crippen molar-refractivity contribution in [2.45, 2.75) is 59.4 Å². The van der Waals surface area contributed by atoms with Crippen LogP contribution in [-0.2, 0) is 0 Å². The molecule has 0 saturated heterocycles. The fourth-order valence-corrected chi connectivity index (χ4v) is 3.31. The predicted octanol–water partition coefficient (Wildman–Crippen LogP) is 4.92. The average Bonchev–Trinajstić information content (AvgIpc) is 2.76. The molecule has 17 heavy (non-hydrogen) atoms. The van der Waals surface area contributed by atoms with Gasteiger partial charge in [-0.2, -0.15) is 0 Å². The molecule has 0 aliphatic carbocycles. The van der Waals surface area contributed by atoms with E-state index in [1.54, 1.807) is 4.88 Å². The fraction of sp³-hybridized carbons (Fsp3) is 0.733. The first kappa shape index (κ1) is 14.7. The van der Waals surface area contributed by atoms with Gasteiger partial charge >= 0.3 is 0 Å². The number of hydrogen-bond donors (Lipinski definition) is 1. The van der Waals surface area contributed by atoms with Crippen molar-refractivity contribution in [3.05, 3.63) is 21.9 Å². The maximum Gasteiger partial charge on any atom is 0.0420 e. The molecule has 1 aromatic heterocycles. The Bertz CT molecular complexity index is 302. The van der Waals surface area contributed by atoms with Gasteiger partial charge in [0, 0.05) is 10.9 Å². The minimum absolute atomic E-state index is 0.569. The fourth-order valence-electron chi connectivity index (χ4n) is 2.30. The summed E-state index contributed by atoms with van der Waals surface area (Å²) in [5.41, 5.74) is 1.45. The first-order valence-corrected chi connectivity index (χ1v) is 7.88. The summed E-state index contributed by atoms with van der Waals surface area (Å²) in [6.45, 7) is 10.2. The third-order valence-corrected chi connectivity index (χ3v) is 4.72. The van der Waals surface area contributed by atoms with Crippen molar-refractivity contribution < 1.29 is 0 Å². The van der Waals surface area contributed by atoms with E-state index in [1.165, 1.54) is 31.2 Å². The Labute approximate surface area is 111 Å². The predicted molar refractivity (Wildman–Crippen MR) is 78.8 cm³/mol. The van der Waals surface area contributed by atoms with Crippen LogP contribution in [0.3, 0.4) is 0 Å². The lowest BCUT2D eigenvalue weighted by atomic mass is 9.93. The molecule has 0 aliphatic heterocycles. The summed E-state index contributed by atoms with van der Waals surface area (Å²) in [5, 5.41) is 5.94. The second-order valence-corrected chi connectivity index (χ2v) is 5.84. The van der Waals surface area contributed by atoms with Gasteiger partial charge in [0.2, 0.25) is 0 Å². The van der Waals surface area contributed by atoms with Gasteiger partial charge in [-0.25, -0.2) is 0 Å². The highest BCUT2D eigenvalue weighted by atomic mass is 32.1. The summed E-state index contributed by atoms with van der Waals surface area (Å²) >= 11 is 1.91. The molecule has 1 heterocycles. The van der Waals surface area contributed by atoms with Gasteiger partial charge in [0.25, 0.3) is 0 Å². The number of hydrogen-bond acceptors (Lipinski definition) is 2. The van der Waals surface area contributed by atoms with Crippen LogP contribution >= 0.6 is 11.3 Å². The van der Waals surface area contributed by atoms with Crippen LogP contribution in [0.4, 0.5) is 0 Å². The van der Waals surface area contributed by atoms with E-state index >= 15 is 0 Å². The van der Waals surface area contributed by atoms with Gasteiger partial charge in [-0.05, 0) is 49.2 Å². The third-order valence-electron chi connectivity index (χ3n) is 3.58. The molecule has 0 amide bonds. The van der Waals surface area contributed by atoms with Crippen LogP contribution in [0.15, 0.2) is 11.4 Å². The van der Waals surface area contributed by atoms with E-state index < -0.39 is 0 Å². The van der Waals surface area contributed by atoms with E-state index in [0.717, 1.165) is 12.5 Å². The summed E-state index contributed by atoms with van der Waals surface area (Å²) in [6, 6.07) is 2.81. The summed E-state index contributed by atoms with van der Waals surface area (Å²) in [6.07, 6.45) is 5.09. The highest BCUT2D eigenvalue weighted by Crippen LogP contribution is 2.30. The maximum absolute atomic E-state index is 3.72. The molecule has 1 atom stereocenters. The number of rotatable bonds is 8. The van der Waals surface area contributed by atoms with Crippen molar-refractivity contribution in [2.75, 3.05) is 6.54 Å². The maximum atomic E-state index is 3.72. The molecule has 98 valence electrons. The van der Waals surface area contributed by atoms with E-state index in [4.69, 9.17) is 0 Å². The molecule has 0 radical (unpaired) electrons. The van der Waals surface area contributed by atoms with Gasteiger partial charge in [0.15, 0.2) is 0 Å². The zero-order valence-electron chi connectivity index (χ0n) is 11.8. The first-order valence-electron chi connectivity index (χ1n) is 7.00. The SMILES string of the molecule is CCCNC(CC(CC)CC)c1sccc1C. The van der Waals surface area contributed by atoms with Gasteiger partial charge in [-0.3, -0.25) is 0 Å². The van der Waals surface area contributed by atoms with Crippen LogP contribution in [0.25, 0.3) is 0 Å². The smallest absolute Gasteiger partial charge is 0.0420 e. The Balaban J connectivity index is 2.70. The summed E-state index contributed by atoms with van der Waals surface area (Å²) in [7, 11) is 0. The molecular weight excluding hydrogens is 226 g/mol. The Morgan fingerprint density at radius 2 is 1.94 bits per heavy atom. The van der Waals surface area contributed by atoms with Crippen molar-refractivity contribution in [2.24, 2.45) is 5.92 Å². The van der Waals surface area contributed by atoms with E-state index in [1.807, 2.05) is 11.3 Å².